The van der Waals surface area contributed by atoms with Gasteiger partial charge in [-0.15, -0.1) is 0 Å². The molecule has 196 valence electrons. The Morgan fingerprint density at radius 2 is 1.71 bits per heavy atom. The van der Waals surface area contributed by atoms with Gasteiger partial charge in [-0.05, 0) is 55.7 Å². The molecule has 1 fully saturated rings. The number of rotatable bonds is 5. The van der Waals surface area contributed by atoms with Crippen LogP contribution in [0.2, 0.25) is 0 Å². The van der Waals surface area contributed by atoms with Crippen molar-refractivity contribution in [1.29, 1.82) is 0 Å². The van der Waals surface area contributed by atoms with E-state index in [0.29, 0.717) is 23.3 Å². The zero-order chi connectivity index (χ0) is 26.3. The summed E-state index contributed by atoms with van der Waals surface area (Å²) < 4.78 is 18.3. The number of hydrogen-bond acceptors (Lipinski definition) is 2. The van der Waals surface area contributed by atoms with Gasteiger partial charge in [-0.25, -0.2) is 4.39 Å². The van der Waals surface area contributed by atoms with E-state index in [1.807, 2.05) is 70.9 Å². The highest BCUT2D eigenvalue weighted by atomic mass is 19.1. The van der Waals surface area contributed by atoms with Crippen LogP contribution in [0.4, 0.5) is 4.39 Å². The summed E-state index contributed by atoms with van der Waals surface area (Å²) in [6, 6.07) is 18.3. The van der Waals surface area contributed by atoms with Gasteiger partial charge in [0.25, 0.3) is 5.91 Å². The molecule has 2 aromatic heterocycles. The maximum absolute atomic E-state index is 14.5. The molecule has 2 aromatic carbocycles. The van der Waals surface area contributed by atoms with Gasteiger partial charge in [-0.3, -0.25) is 9.59 Å². The fourth-order valence-corrected chi connectivity index (χ4v) is 6.15. The molecule has 1 saturated carbocycles. The zero-order valence-corrected chi connectivity index (χ0v) is 21.7. The van der Waals surface area contributed by atoms with Crippen molar-refractivity contribution in [2.24, 2.45) is 0 Å². The third-order valence-electron chi connectivity index (χ3n) is 8.23. The van der Waals surface area contributed by atoms with Crippen LogP contribution in [-0.4, -0.2) is 37.4 Å². The molecule has 1 aliphatic carbocycles. The minimum absolute atomic E-state index is 0.114. The topological polar surface area (TPSA) is 59.3 Å². The van der Waals surface area contributed by atoms with Crippen molar-refractivity contribution in [1.82, 2.24) is 19.4 Å². The van der Waals surface area contributed by atoms with Crippen LogP contribution in [0.15, 0.2) is 73.1 Å². The van der Waals surface area contributed by atoms with Crippen LogP contribution < -0.4 is 5.32 Å². The summed E-state index contributed by atoms with van der Waals surface area (Å²) in [5.41, 5.74) is 1.68. The van der Waals surface area contributed by atoms with E-state index < -0.39 is 5.54 Å². The van der Waals surface area contributed by atoms with Gasteiger partial charge in [0.15, 0.2) is 0 Å². The molecule has 1 atom stereocenters. The maximum atomic E-state index is 14.5. The van der Waals surface area contributed by atoms with Gasteiger partial charge in [0.1, 0.15) is 17.1 Å². The number of amides is 2. The molecule has 0 bridgehead atoms. The average molecular weight is 513 g/mol. The second kappa shape index (κ2) is 9.78. The molecule has 4 aromatic rings. The molecule has 0 radical (unpaired) electrons. The van der Waals surface area contributed by atoms with Crippen LogP contribution in [0.3, 0.4) is 0 Å². The smallest absolute Gasteiger partial charge is 0.273 e. The number of carbonyl (C=O) groups excluding carboxylic acids is 2. The summed E-state index contributed by atoms with van der Waals surface area (Å²) in [6.45, 7) is 2.45. The van der Waals surface area contributed by atoms with Crippen molar-refractivity contribution >= 4 is 22.7 Å². The lowest BCUT2D eigenvalue weighted by Gasteiger charge is -2.45. The highest BCUT2D eigenvalue weighted by Gasteiger charge is 2.49. The van der Waals surface area contributed by atoms with Gasteiger partial charge in [0.05, 0.1) is 17.7 Å². The molecular formula is C31H33FN4O2. The fourth-order valence-electron chi connectivity index (χ4n) is 6.15. The van der Waals surface area contributed by atoms with E-state index in [1.165, 1.54) is 25.0 Å². The summed E-state index contributed by atoms with van der Waals surface area (Å²) >= 11 is 0. The Morgan fingerprint density at radius 1 is 1.00 bits per heavy atom. The first-order valence-electron chi connectivity index (χ1n) is 13.6. The van der Waals surface area contributed by atoms with Crippen molar-refractivity contribution in [3.05, 3.63) is 90.1 Å². The third kappa shape index (κ3) is 4.20. The van der Waals surface area contributed by atoms with Crippen LogP contribution in [0.25, 0.3) is 16.6 Å². The number of fused-ring (bicyclic) bond motifs is 3. The Balaban J connectivity index is 1.49. The summed E-state index contributed by atoms with van der Waals surface area (Å²) in [4.78, 5) is 30.3. The highest BCUT2D eigenvalue weighted by Crippen LogP contribution is 2.39. The molecule has 6 rings (SSSR count). The van der Waals surface area contributed by atoms with E-state index in [1.54, 1.807) is 11.0 Å². The van der Waals surface area contributed by atoms with Gasteiger partial charge in [-0.2, -0.15) is 0 Å². The Hall–Kier alpha value is -3.87. The minimum atomic E-state index is -1.12. The number of nitrogens with zero attached hydrogens (tertiary/aromatic N) is 3. The predicted octanol–water partition coefficient (Wildman–Crippen LogP) is 5.82. The van der Waals surface area contributed by atoms with Gasteiger partial charge in [0, 0.05) is 30.4 Å². The molecule has 7 heteroatoms. The first-order valence-corrected chi connectivity index (χ1v) is 13.6. The van der Waals surface area contributed by atoms with Crippen molar-refractivity contribution in [3.63, 3.8) is 0 Å². The molecule has 0 spiro atoms. The van der Waals surface area contributed by atoms with E-state index >= 15 is 0 Å². The number of nitrogens with one attached hydrogen (secondary N) is 1. The van der Waals surface area contributed by atoms with Crippen molar-refractivity contribution in [2.75, 3.05) is 0 Å². The lowest BCUT2D eigenvalue weighted by Crippen LogP contribution is -2.64. The molecule has 2 amide bonds. The number of carbonyl (C=O) groups is 2. The molecular weight excluding hydrogens is 479 g/mol. The number of halogens is 1. The third-order valence-corrected chi connectivity index (χ3v) is 8.23. The Labute approximate surface area is 222 Å². The van der Waals surface area contributed by atoms with Crippen molar-refractivity contribution in [2.45, 2.75) is 70.1 Å². The number of hydrogen-bond donors (Lipinski definition) is 1. The first kappa shape index (κ1) is 24.5. The van der Waals surface area contributed by atoms with Crippen LogP contribution in [0, 0.1) is 5.82 Å². The van der Waals surface area contributed by atoms with Gasteiger partial charge >= 0.3 is 0 Å². The highest BCUT2D eigenvalue weighted by molar-refractivity contribution is 6.09. The summed E-state index contributed by atoms with van der Waals surface area (Å²) in [5, 5.41) is 3.97. The van der Waals surface area contributed by atoms with E-state index in [9.17, 15) is 14.0 Å². The number of aromatic nitrogens is 2. The minimum Gasteiger partial charge on any atom is -0.351 e. The number of benzene rings is 2. The normalized spacial score (nSPS) is 20.4. The maximum Gasteiger partial charge on any atom is 0.273 e. The van der Waals surface area contributed by atoms with E-state index in [2.05, 4.69) is 5.32 Å². The van der Waals surface area contributed by atoms with Crippen LogP contribution in [0.1, 0.15) is 61.5 Å². The van der Waals surface area contributed by atoms with E-state index in [4.69, 9.17) is 0 Å². The quantitative estimate of drug-likeness (QED) is 0.342. The van der Waals surface area contributed by atoms with Crippen LogP contribution in [0.5, 0.6) is 0 Å². The predicted molar refractivity (Wildman–Crippen MR) is 146 cm³/mol. The van der Waals surface area contributed by atoms with Crippen molar-refractivity contribution < 1.29 is 14.0 Å². The summed E-state index contributed by atoms with van der Waals surface area (Å²) in [6.07, 6.45) is 10.2. The largest absolute Gasteiger partial charge is 0.351 e. The lowest BCUT2D eigenvalue weighted by molar-refractivity contribution is -0.134. The van der Waals surface area contributed by atoms with Crippen LogP contribution in [-0.2, 0) is 17.9 Å². The second-order valence-electron chi connectivity index (χ2n) is 10.8. The Kier molecular flexibility index (Phi) is 6.30. The lowest BCUT2D eigenvalue weighted by atomic mass is 9.92. The Morgan fingerprint density at radius 3 is 2.42 bits per heavy atom. The van der Waals surface area contributed by atoms with E-state index in [-0.39, 0.29) is 30.2 Å². The average Bonchev–Trinajstić information content (AvgIpc) is 3.46. The molecule has 3 heterocycles. The summed E-state index contributed by atoms with van der Waals surface area (Å²) in [7, 11) is 0. The fraction of sp³-hybridized carbons (Fsp3) is 0.355. The van der Waals surface area contributed by atoms with Crippen LogP contribution >= 0.6 is 0 Å². The molecule has 0 saturated heterocycles. The van der Waals surface area contributed by atoms with Gasteiger partial charge in [0.2, 0.25) is 5.91 Å². The molecule has 6 nitrogen and oxygen atoms in total. The SMILES string of the molecule is C[C@@]1(C(=O)NC2CCCCCC2)Cn2c(c(-n3cccc3)c3cc(F)ccc32)C(=O)N1Cc1ccccc1. The summed E-state index contributed by atoms with van der Waals surface area (Å²) in [5.74, 6) is -0.735. The van der Waals surface area contributed by atoms with Gasteiger partial charge < -0.3 is 19.4 Å². The van der Waals surface area contributed by atoms with E-state index in [0.717, 1.165) is 36.8 Å². The molecule has 1 aliphatic heterocycles. The molecule has 1 N–H and O–H groups in total. The monoisotopic (exact) mass is 512 g/mol. The van der Waals surface area contributed by atoms with Gasteiger partial charge in [-0.1, -0.05) is 56.0 Å². The second-order valence-corrected chi connectivity index (χ2v) is 10.8. The Bertz CT molecular complexity index is 1470. The van der Waals surface area contributed by atoms with Crippen molar-refractivity contribution in [3.8, 4) is 5.69 Å². The zero-order valence-electron chi connectivity index (χ0n) is 21.7. The standard InChI is InChI=1S/C31H33FN4O2/c1-31(30(38)33-24-13-7-2-3-8-14-24)21-35-26-16-15-23(32)19-25(26)27(34-17-9-10-18-34)28(35)29(37)36(31)20-22-11-5-4-6-12-22/h4-6,9-12,15-19,24H,2-3,7-8,13-14,20-21H2,1H3,(H,33,38)/t31-/m0/s1. The first-order chi connectivity index (χ1) is 18.5. The molecule has 2 aliphatic rings. The molecule has 38 heavy (non-hydrogen) atoms. The molecule has 0 unspecified atom stereocenters.